The Bertz CT molecular complexity index is 395. The number of hydrogen-bond donors (Lipinski definition) is 2. The van der Waals surface area contributed by atoms with Gasteiger partial charge in [0.15, 0.2) is 0 Å². The van der Waals surface area contributed by atoms with Crippen LogP contribution in [0.2, 0.25) is 0 Å². The van der Waals surface area contributed by atoms with E-state index in [4.69, 9.17) is 0 Å². The lowest BCUT2D eigenvalue weighted by atomic mass is 10.1. The van der Waals surface area contributed by atoms with Gasteiger partial charge in [0.25, 0.3) is 5.95 Å². The van der Waals surface area contributed by atoms with Crippen molar-refractivity contribution in [2.75, 3.05) is 5.32 Å². The molecule has 0 aliphatic carbocycles. The van der Waals surface area contributed by atoms with E-state index in [1.165, 1.54) is 11.1 Å². The normalized spacial score (nSPS) is 10.1. The second kappa shape index (κ2) is 3.87. The van der Waals surface area contributed by atoms with Crippen molar-refractivity contribution in [1.82, 2.24) is 20.6 Å². The third-order valence-electron chi connectivity index (χ3n) is 2.04. The fourth-order valence-corrected chi connectivity index (χ4v) is 1.22. The molecule has 0 amide bonds. The summed E-state index contributed by atoms with van der Waals surface area (Å²) in [6.45, 7) is 2.79. The van der Waals surface area contributed by atoms with Gasteiger partial charge in [-0.05, 0) is 23.3 Å². The smallest absolute Gasteiger partial charge is 0.263 e. The fraction of sp³-hybridized carbons (Fsp3) is 0.222. The summed E-state index contributed by atoms with van der Waals surface area (Å²) in [4.78, 5) is 0. The molecular formula is C9H11N5. The second-order valence-electron chi connectivity index (χ2n) is 3.02. The lowest BCUT2D eigenvalue weighted by Crippen LogP contribution is -2.02. The Kier molecular flexibility index (Phi) is 2.40. The van der Waals surface area contributed by atoms with Crippen LogP contribution in [0.3, 0.4) is 0 Å². The number of rotatable bonds is 3. The Morgan fingerprint density at radius 1 is 1.36 bits per heavy atom. The number of nitrogens with one attached hydrogen (secondary N) is 2. The van der Waals surface area contributed by atoms with Crippen LogP contribution in [-0.4, -0.2) is 20.6 Å². The molecule has 0 aliphatic rings. The van der Waals surface area contributed by atoms with Gasteiger partial charge in [0.1, 0.15) is 0 Å². The predicted octanol–water partition coefficient (Wildman–Crippen LogP) is 1.12. The van der Waals surface area contributed by atoms with Gasteiger partial charge < -0.3 is 5.32 Å². The first-order valence-electron chi connectivity index (χ1n) is 4.38. The minimum atomic E-state index is 0.522. The van der Waals surface area contributed by atoms with Crippen molar-refractivity contribution in [3.8, 4) is 0 Å². The lowest BCUT2D eigenvalue weighted by molar-refractivity contribution is 0.881. The summed E-state index contributed by atoms with van der Waals surface area (Å²) in [5, 5.41) is 16.5. The largest absolute Gasteiger partial charge is 0.348 e. The maximum Gasteiger partial charge on any atom is 0.263 e. The molecule has 5 heteroatoms. The van der Waals surface area contributed by atoms with Crippen LogP contribution in [0.4, 0.5) is 5.95 Å². The molecule has 14 heavy (non-hydrogen) atoms. The van der Waals surface area contributed by atoms with Crippen molar-refractivity contribution in [1.29, 1.82) is 0 Å². The molecule has 0 radical (unpaired) electrons. The average Bonchev–Trinajstić information content (AvgIpc) is 2.69. The number of aryl methyl sites for hydroxylation is 1. The summed E-state index contributed by atoms with van der Waals surface area (Å²) in [7, 11) is 0. The summed E-state index contributed by atoms with van der Waals surface area (Å²) in [6, 6.07) is 8.18. The standard InChI is InChI=1S/C9H11N5/c1-7-4-2-3-5-8(7)6-10-9-11-13-14-12-9/h2-5H,6H2,1H3,(H2,10,11,12,13,14). The van der Waals surface area contributed by atoms with Crippen LogP contribution < -0.4 is 5.32 Å². The molecule has 72 valence electrons. The van der Waals surface area contributed by atoms with Gasteiger partial charge in [-0.3, -0.25) is 0 Å². The summed E-state index contributed by atoms with van der Waals surface area (Å²) < 4.78 is 0. The molecule has 2 rings (SSSR count). The monoisotopic (exact) mass is 189 g/mol. The SMILES string of the molecule is Cc1ccccc1CNc1nn[nH]n1. The van der Waals surface area contributed by atoms with Crippen LogP contribution >= 0.6 is 0 Å². The third kappa shape index (κ3) is 1.87. The fourth-order valence-electron chi connectivity index (χ4n) is 1.22. The molecule has 0 spiro atoms. The molecule has 0 bridgehead atoms. The van der Waals surface area contributed by atoms with Crippen LogP contribution in [0.1, 0.15) is 11.1 Å². The highest BCUT2D eigenvalue weighted by Crippen LogP contribution is 2.07. The number of nitrogens with zero attached hydrogens (tertiary/aromatic N) is 3. The number of tetrazole rings is 1. The van der Waals surface area contributed by atoms with Gasteiger partial charge in [0.2, 0.25) is 0 Å². The second-order valence-corrected chi connectivity index (χ2v) is 3.02. The highest BCUT2D eigenvalue weighted by molar-refractivity contribution is 5.30. The summed E-state index contributed by atoms with van der Waals surface area (Å²) in [5.74, 6) is 0.522. The van der Waals surface area contributed by atoms with Crippen LogP contribution in [0.15, 0.2) is 24.3 Å². The van der Waals surface area contributed by atoms with E-state index in [1.54, 1.807) is 0 Å². The zero-order valence-corrected chi connectivity index (χ0v) is 7.86. The van der Waals surface area contributed by atoms with Gasteiger partial charge in [-0.2, -0.15) is 5.21 Å². The highest BCUT2D eigenvalue weighted by atomic mass is 15.5. The minimum Gasteiger partial charge on any atom is -0.348 e. The maximum atomic E-state index is 3.80. The molecule has 0 saturated heterocycles. The number of H-pyrrole nitrogens is 1. The molecule has 0 saturated carbocycles. The average molecular weight is 189 g/mol. The Balaban J connectivity index is 2.02. The highest BCUT2D eigenvalue weighted by Gasteiger charge is 1.98. The Hall–Kier alpha value is -1.91. The summed E-state index contributed by atoms with van der Waals surface area (Å²) in [6.07, 6.45) is 0. The number of aromatic amines is 1. The van der Waals surface area contributed by atoms with E-state index < -0.39 is 0 Å². The number of anilines is 1. The molecule has 1 heterocycles. The van der Waals surface area contributed by atoms with E-state index in [0.29, 0.717) is 12.5 Å². The predicted molar refractivity (Wildman–Crippen MR) is 52.7 cm³/mol. The topological polar surface area (TPSA) is 66.5 Å². The lowest BCUT2D eigenvalue weighted by Gasteiger charge is -2.04. The zero-order valence-electron chi connectivity index (χ0n) is 7.86. The molecule has 0 fully saturated rings. The minimum absolute atomic E-state index is 0.522. The van der Waals surface area contributed by atoms with Crippen LogP contribution in [0, 0.1) is 6.92 Å². The number of aromatic nitrogens is 4. The van der Waals surface area contributed by atoms with Gasteiger partial charge in [0.05, 0.1) is 0 Å². The first-order chi connectivity index (χ1) is 6.86. The van der Waals surface area contributed by atoms with Crippen molar-refractivity contribution in [3.05, 3.63) is 35.4 Å². The molecular weight excluding hydrogens is 178 g/mol. The van der Waals surface area contributed by atoms with E-state index in [1.807, 2.05) is 12.1 Å². The van der Waals surface area contributed by atoms with E-state index in [9.17, 15) is 0 Å². The molecule has 0 unspecified atom stereocenters. The van der Waals surface area contributed by atoms with Crippen LogP contribution in [0.25, 0.3) is 0 Å². The van der Waals surface area contributed by atoms with Gasteiger partial charge in [-0.25, -0.2) is 0 Å². The van der Waals surface area contributed by atoms with E-state index >= 15 is 0 Å². The Morgan fingerprint density at radius 3 is 2.93 bits per heavy atom. The number of benzene rings is 1. The Morgan fingerprint density at radius 2 is 2.21 bits per heavy atom. The van der Waals surface area contributed by atoms with Gasteiger partial charge in [0, 0.05) is 6.54 Å². The van der Waals surface area contributed by atoms with E-state index in [0.717, 1.165) is 0 Å². The number of hydrogen-bond acceptors (Lipinski definition) is 4. The van der Waals surface area contributed by atoms with Crippen molar-refractivity contribution in [2.45, 2.75) is 13.5 Å². The van der Waals surface area contributed by atoms with Crippen molar-refractivity contribution >= 4 is 5.95 Å². The zero-order chi connectivity index (χ0) is 9.80. The van der Waals surface area contributed by atoms with Gasteiger partial charge in [-0.1, -0.05) is 29.4 Å². The van der Waals surface area contributed by atoms with Crippen LogP contribution in [-0.2, 0) is 6.54 Å². The van der Waals surface area contributed by atoms with Gasteiger partial charge in [-0.15, -0.1) is 5.10 Å². The maximum absolute atomic E-state index is 3.80. The first kappa shape index (κ1) is 8.68. The van der Waals surface area contributed by atoms with Crippen molar-refractivity contribution < 1.29 is 0 Å². The molecule has 1 aromatic heterocycles. The van der Waals surface area contributed by atoms with Gasteiger partial charge >= 0.3 is 0 Å². The third-order valence-corrected chi connectivity index (χ3v) is 2.04. The molecule has 2 N–H and O–H groups in total. The van der Waals surface area contributed by atoms with E-state index in [2.05, 4.69) is 45.0 Å². The van der Waals surface area contributed by atoms with Crippen LogP contribution in [0.5, 0.6) is 0 Å². The molecule has 0 aliphatic heterocycles. The Labute approximate surface area is 81.5 Å². The van der Waals surface area contributed by atoms with Crippen molar-refractivity contribution in [2.24, 2.45) is 0 Å². The molecule has 0 atom stereocenters. The molecule has 2 aromatic rings. The summed E-state index contributed by atoms with van der Waals surface area (Å²) in [5.41, 5.74) is 2.49. The van der Waals surface area contributed by atoms with E-state index in [-0.39, 0.29) is 0 Å². The summed E-state index contributed by atoms with van der Waals surface area (Å²) >= 11 is 0. The molecule has 1 aromatic carbocycles. The first-order valence-corrected chi connectivity index (χ1v) is 4.38. The van der Waals surface area contributed by atoms with Crippen molar-refractivity contribution in [3.63, 3.8) is 0 Å². The molecule has 5 nitrogen and oxygen atoms in total. The quantitative estimate of drug-likeness (QED) is 0.759.